The molecule has 0 amide bonds. The van der Waals surface area contributed by atoms with Crippen LogP contribution in [0.4, 0.5) is 0 Å². The summed E-state index contributed by atoms with van der Waals surface area (Å²) in [6.45, 7) is 2.59. The smallest absolute Gasteiger partial charge is 0.333 e. The highest BCUT2D eigenvalue weighted by atomic mass is 16.7. The number of carbonyl (C=O) groups is 4. The second kappa shape index (κ2) is 11.3. The first-order valence-corrected chi connectivity index (χ1v) is 12.2. The van der Waals surface area contributed by atoms with Crippen LogP contribution in [-0.2, 0) is 41.4 Å². The molecule has 1 fully saturated rings. The quantitative estimate of drug-likeness (QED) is 0.225. The van der Waals surface area contributed by atoms with E-state index in [9.17, 15) is 19.2 Å². The van der Waals surface area contributed by atoms with Gasteiger partial charge in [-0.25, -0.2) is 4.79 Å². The van der Waals surface area contributed by atoms with E-state index in [0.717, 1.165) is 0 Å². The third-order valence-electron chi connectivity index (χ3n) is 6.75. The van der Waals surface area contributed by atoms with E-state index < -0.39 is 11.8 Å². The van der Waals surface area contributed by atoms with Gasteiger partial charge in [0, 0.05) is 35.1 Å². The predicted octanol–water partition coefficient (Wildman–Crippen LogP) is 3.37. The molecule has 1 aliphatic carbocycles. The average Bonchev–Trinajstić information content (AvgIpc) is 3.35. The van der Waals surface area contributed by atoms with Gasteiger partial charge in [-0.1, -0.05) is 24.3 Å². The number of fused-ring (bicyclic) bond motifs is 2. The van der Waals surface area contributed by atoms with E-state index in [1.54, 1.807) is 37.3 Å². The van der Waals surface area contributed by atoms with E-state index in [1.165, 1.54) is 27.4 Å². The SMILES string of the molecule is COC(=O)/C=C(\Cc1c(CCC(=O)CC2(C)OCCO2)cc2c(c1OC)C(=O)c1ccccc1C2=O)OC. The molecule has 38 heavy (non-hydrogen) atoms. The van der Waals surface area contributed by atoms with Crippen molar-refractivity contribution in [3.63, 3.8) is 0 Å². The summed E-state index contributed by atoms with van der Waals surface area (Å²) in [5.41, 5.74) is 2.13. The number of carbonyl (C=O) groups excluding carboxylic acids is 4. The molecule has 0 aromatic heterocycles. The number of methoxy groups -OCH3 is 3. The van der Waals surface area contributed by atoms with Gasteiger partial charge in [0.05, 0.1) is 52.6 Å². The first-order valence-electron chi connectivity index (χ1n) is 12.2. The van der Waals surface area contributed by atoms with E-state index >= 15 is 0 Å². The van der Waals surface area contributed by atoms with Crippen molar-refractivity contribution in [3.8, 4) is 5.75 Å². The van der Waals surface area contributed by atoms with Crippen molar-refractivity contribution in [2.45, 2.75) is 38.4 Å². The predicted molar refractivity (Wildman–Crippen MR) is 135 cm³/mol. The maximum atomic E-state index is 13.5. The van der Waals surface area contributed by atoms with Crippen LogP contribution in [0.15, 0.2) is 42.2 Å². The summed E-state index contributed by atoms with van der Waals surface area (Å²) >= 11 is 0. The van der Waals surface area contributed by atoms with Crippen molar-refractivity contribution in [1.82, 2.24) is 0 Å². The van der Waals surface area contributed by atoms with Crippen LogP contribution in [0.2, 0.25) is 0 Å². The van der Waals surface area contributed by atoms with Crippen molar-refractivity contribution >= 4 is 23.3 Å². The minimum absolute atomic E-state index is 0.0681. The first kappa shape index (κ1) is 27.2. The maximum absolute atomic E-state index is 13.5. The second-order valence-corrected chi connectivity index (χ2v) is 9.23. The Labute approximate surface area is 220 Å². The van der Waals surface area contributed by atoms with Gasteiger partial charge in [-0.15, -0.1) is 0 Å². The Bertz CT molecular complexity index is 1320. The minimum atomic E-state index is -0.952. The fourth-order valence-electron chi connectivity index (χ4n) is 4.88. The van der Waals surface area contributed by atoms with Crippen molar-refractivity contribution in [2.75, 3.05) is 34.5 Å². The molecule has 0 unspecified atom stereocenters. The molecule has 2 aromatic rings. The van der Waals surface area contributed by atoms with E-state index in [-0.39, 0.29) is 65.7 Å². The lowest BCUT2D eigenvalue weighted by molar-refractivity contribution is -0.158. The average molecular weight is 523 g/mol. The molecule has 200 valence electrons. The molecular formula is C29H30O9. The zero-order chi connectivity index (χ0) is 27.4. The lowest BCUT2D eigenvalue weighted by Crippen LogP contribution is -2.29. The van der Waals surface area contributed by atoms with Crippen LogP contribution in [0.1, 0.15) is 62.7 Å². The zero-order valence-corrected chi connectivity index (χ0v) is 21.9. The zero-order valence-electron chi connectivity index (χ0n) is 21.9. The largest absolute Gasteiger partial charge is 0.500 e. The summed E-state index contributed by atoms with van der Waals surface area (Å²) in [5, 5.41) is 0. The number of hydrogen-bond acceptors (Lipinski definition) is 9. The number of rotatable bonds is 10. The second-order valence-electron chi connectivity index (χ2n) is 9.23. The molecule has 4 rings (SSSR count). The Hall–Kier alpha value is -3.82. The molecule has 0 bridgehead atoms. The molecule has 2 aromatic carbocycles. The standard InChI is InChI=1S/C29H30O9/c1-29(37-11-12-38-29)16-18(30)10-9-17-13-23-25(27(33)21-8-6-5-7-20(21)26(23)32)28(36-4)22(17)14-19(34-2)15-24(31)35-3/h5-8,13,15H,9-12,14,16H2,1-4H3/b19-15+. The van der Waals surface area contributed by atoms with Crippen LogP contribution in [0.3, 0.4) is 0 Å². The van der Waals surface area contributed by atoms with Gasteiger partial charge in [-0.05, 0) is 25.0 Å². The molecule has 0 saturated carbocycles. The molecule has 9 nitrogen and oxygen atoms in total. The van der Waals surface area contributed by atoms with Crippen molar-refractivity contribution in [1.29, 1.82) is 0 Å². The van der Waals surface area contributed by atoms with E-state index in [4.69, 9.17) is 23.7 Å². The van der Waals surface area contributed by atoms with Crippen LogP contribution < -0.4 is 4.74 Å². The van der Waals surface area contributed by atoms with Crippen molar-refractivity contribution in [2.24, 2.45) is 0 Å². The number of Topliss-reactive ketones (excluding diaryl/α,β-unsaturated/α-hetero) is 1. The van der Waals surface area contributed by atoms with E-state index in [2.05, 4.69) is 0 Å². The van der Waals surface area contributed by atoms with Gasteiger partial charge >= 0.3 is 5.97 Å². The van der Waals surface area contributed by atoms with Crippen LogP contribution in [0.25, 0.3) is 0 Å². The molecule has 2 aliphatic rings. The maximum Gasteiger partial charge on any atom is 0.333 e. The van der Waals surface area contributed by atoms with Gasteiger partial charge in [-0.2, -0.15) is 0 Å². The van der Waals surface area contributed by atoms with Gasteiger partial charge in [0.1, 0.15) is 17.3 Å². The summed E-state index contributed by atoms with van der Waals surface area (Å²) in [7, 11) is 4.08. The lowest BCUT2D eigenvalue weighted by Gasteiger charge is -2.25. The molecule has 0 spiro atoms. The number of ether oxygens (including phenoxy) is 5. The molecule has 0 atom stereocenters. The van der Waals surface area contributed by atoms with Crippen LogP contribution >= 0.6 is 0 Å². The Morgan fingerprint density at radius 3 is 2.24 bits per heavy atom. The number of aryl methyl sites for hydroxylation is 1. The number of benzene rings is 2. The molecule has 1 saturated heterocycles. The molecule has 1 aliphatic heterocycles. The third kappa shape index (κ3) is 5.39. The lowest BCUT2D eigenvalue weighted by atomic mass is 9.80. The molecular weight excluding hydrogens is 492 g/mol. The highest BCUT2D eigenvalue weighted by Gasteiger charge is 2.36. The van der Waals surface area contributed by atoms with Gasteiger partial charge in [0.2, 0.25) is 0 Å². The minimum Gasteiger partial charge on any atom is -0.500 e. The Kier molecular flexibility index (Phi) is 8.08. The number of esters is 1. The molecule has 0 radical (unpaired) electrons. The van der Waals surface area contributed by atoms with Crippen LogP contribution in [0, 0.1) is 0 Å². The fourth-order valence-corrected chi connectivity index (χ4v) is 4.88. The van der Waals surface area contributed by atoms with Crippen molar-refractivity contribution in [3.05, 3.63) is 75.5 Å². The van der Waals surface area contributed by atoms with Gasteiger partial charge < -0.3 is 23.7 Å². The summed E-state index contributed by atoms with van der Waals surface area (Å²) in [6, 6.07) is 8.27. The van der Waals surface area contributed by atoms with E-state index in [0.29, 0.717) is 35.5 Å². The Morgan fingerprint density at radius 1 is 0.974 bits per heavy atom. The highest BCUT2D eigenvalue weighted by molar-refractivity contribution is 6.29. The highest BCUT2D eigenvalue weighted by Crippen LogP contribution is 2.39. The fraction of sp³-hybridized carbons (Fsp3) is 0.379. The Balaban J connectivity index is 1.77. The first-order chi connectivity index (χ1) is 18.2. The molecule has 1 heterocycles. The Morgan fingerprint density at radius 2 is 1.63 bits per heavy atom. The molecule has 9 heteroatoms. The van der Waals surface area contributed by atoms with Gasteiger partial charge in [0.15, 0.2) is 17.4 Å². The number of allylic oxidation sites excluding steroid dienone is 1. The topological polar surface area (TPSA) is 114 Å². The van der Waals surface area contributed by atoms with Crippen LogP contribution in [-0.4, -0.2) is 63.6 Å². The van der Waals surface area contributed by atoms with Crippen LogP contribution in [0.5, 0.6) is 5.75 Å². The summed E-state index contributed by atoms with van der Waals surface area (Å²) in [5.74, 6) is -1.81. The normalized spacial score (nSPS) is 16.1. The molecule has 0 N–H and O–H groups in total. The van der Waals surface area contributed by atoms with Crippen molar-refractivity contribution < 1.29 is 42.9 Å². The third-order valence-corrected chi connectivity index (χ3v) is 6.75. The summed E-state index contributed by atoms with van der Waals surface area (Å²) in [4.78, 5) is 51.8. The van der Waals surface area contributed by atoms with Gasteiger partial charge in [-0.3, -0.25) is 14.4 Å². The van der Waals surface area contributed by atoms with Gasteiger partial charge in [0.25, 0.3) is 0 Å². The monoisotopic (exact) mass is 522 g/mol. The summed E-state index contributed by atoms with van der Waals surface area (Å²) < 4.78 is 27.0. The number of ketones is 3. The summed E-state index contributed by atoms with van der Waals surface area (Å²) in [6.07, 6.45) is 1.75. The number of hydrogen-bond donors (Lipinski definition) is 0. The van der Waals surface area contributed by atoms with E-state index in [1.807, 2.05) is 0 Å².